The molecule has 144 valence electrons. The number of likely N-dealkylation sites (tertiary alicyclic amines) is 1. The molecule has 0 saturated carbocycles. The molecular weight excluding hydrogens is 352 g/mol. The predicted octanol–water partition coefficient (Wildman–Crippen LogP) is 2.10. The van der Waals surface area contributed by atoms with Crippen LogP contribution >= 0.6 is 0 Å². The van der Waals surface area contributed by atoms with Gasteiger partial charge in [-0.25, -0.2) is 9.59 Å². The molecule has 1 saturated heterocycles. The van der Waals surface area contributed by atoms with Crippen LogP contribution < -0.4 is 10.6 Å². The highest BCUT2D eigenvalue weighted by Gasteiger charge is 2.34. The van der Waals surface area contributed by atoms with Gasteiger partial charge in [-0.05, 0) is 38.0 Å². The van der Waals surface area contributed by atoms with E-state index in [1.807, 2.05) is 0 Å². The van der Waals surface area contributed by atoms with Crippen LogP contribution in [0.5, 0.6) is 0 Å². The summed E-state index contributed by atoms with van der Waals surface area (Å²) in [5, 5.41) is 5.49. The Kier molecular flexibility index (Phi) is 5.80. The average Bonchev–Trinajstić information content (AvgIpc) is 3.40. The van der Waals surface area contributed by atoms with Crippen molar-refractivity contribution in [3.63, 3.8) is 0 Å². The lowest BCUT2D eigenvalue weighted by Crippen LogP contribution is -2.47. The number of furan rings is 1. The Morgan fingerprint density at radius 2 is 2.26 bits per heavy atom. The molecule has 0 aromatic carbocycles. The molecule has 27 heavy (non-hydrogen) atoms. The van der Waals surface area contributed by atoms with Gasteiger partial charge < -0.3 is 29.7 Å². The van der Waals surface area contributed by atoms with Crippen LogP contribution in [0, 0.1) is 0 Å². The first-order valence-electron chi connectivity index (χ1n) is 8.81. The topological polar surface area (TPSA) is 117 Å². The van der Waals surface area contributed by atoms with Crippen molar-refractivity contribution >= 4 is 23.6 Å². The van der Waals surface area contributed by atoms with Gasteiger partial charge in [-0.1, -0.05) is 0 Å². The van der Waals surface area contributed by atoms with Gasteiger partial charge in [0.1, 0.15) is 17.5 Å². The third kappa shape index (κ3) is 4.49. The zero-order valence-electron chi connectivity index (χ0n) is 15.0. The highest BCUT2D eigenvalue weighted by atomic mass is 16.5. The van der Waals surface area contributed by atoms with Crippen LogP contribution in [0.25, 0.3) is 0 Å². The van der Waals surface area contributed by atoms with Gasteiger partial charge in [0.25, 0.3) is 0 Å². The summed E-state index contributed by atoms with van der Waals surface area (Å²) in [6.45, 7) is 2.74. The number of ether oxygens (including phenoxy) is 1. The molecule has 9 nitrogen and oxygen atoms in total. The number of esters is 1. The van der Waals surface area contributed by atoms with Crippen LogP contribution in [0.15, 0.2) is 35.1 Å². The second-order valence-electron chi connectivity index (χ2n) is 6.10. The summed E-state index contributed by atoms with van der Waals surface area (Å²) in [6.07, 6.45) is 4.39. The van der Waals surface area contributed by atoms with Gasteiger partial charge in [0.05, 0.1) is 25.1 Å². The minimum Gasteiger partial charge on any atom is -0.467 e. The Bertz CT molecular complexity index is 799. The van der Waals surface area contributed by atoms with Gasteiger partial charge >= 0.3 is 12.0 Å². The summed E-state index contributed by atoms with van der Waals surface area (Å²) in [5.41, 5.74) is 0.686. The fourth-order valence-corrected chi connectivity index (χ4v) is 2.98. The average molecular weight is 374 g/mol. The summed E-state index contributed by atoms with van der Waals surface area (Å²) in [7, 11) is 0. The molecule has 0 spiro atoms. The van der Waals surface area contributed by atoms with Gasteiger partial charge in [-0.2, -0.15) is 0 Å². The van der Waals surface area contributed by atoms with E-state index in [9.17, 15) is 14.4 Å². The first-order chi connectivity index (χ1) is 13.1. The number of nitrogens with one attached hydrogen (secondary N) is 3. The third-order valence-electron chi connectivity index (χ3n) is 4.26. The minimum absolute atomic E-state index is 0.222. The normalized spacial score (nSPS) is 16.2. The van der Waals surface area contributed by atoms with Crippen molar-refractivity contribution < 1.29 is 23.5 Å². The van der Waals surface area contributed by atoms with E-state index in [0.717, 1.165) is 6.42 Å². The number of H-pyrrole nitrogens is 1. The van der Waals surface area contributed by atoms with E-state index >= 15 is 0 Å². The van der Waals surface area contributed by atoms with E-state index in [-0.39, 0.29) is 30.8 Å². The van der Waals surface area contributed by atoms with Gasteiger partial charge in [0, 0.05) is 12.7 Å². The number of aromatic nitrogens is 1. The van der Waals surface area contributed by atoms with Crippen molar-refractivity contribution in [3.8, 4) is 0 Å². The molecule has 1 fully saturated rings. The zero-order valence-corrected chi connectivity index (χ0v) is 15.0. The number of anilines is 1. The fourth-order valence-electron chi connectivity index (χ4n) is 2.98. The Labute approximate surface area is 156 Å². The van der Waals surface area contributed by atoms with E-state index in [1.54, 1.807) is 19.1 Å². The number of urea groups is 1. The van der Waals surface area contributed by atoms with Crippen molar-refractivity contribution in [1.82, 2.24) is 15.2 Å². The summed E-state index contributed by atoms with van der Waals surface area (Å²) in [6, 6.07) is 4.09. The molecule has 3 N–H and O–H groups in total. The lowest BCUT2D eigenvalue weighted by atomic mass is 10.2. The number of rotatable bonds is 6. The fraction of sp³-hybridized carbons (Fsp3) is 0.389. The van der Waals surface area contributed by atoms with Crippen molar-refractivity contribution in [2.24, 2.45) is 0 Å². The molecule has 0 aliphatic carbocycles. The predicted molar refractivity (Wildman–Crippen MR) is 96.1 cm³/mol. The molecule has 9 heteroatoms. The lowest BCUT2D eigenvalue weighted by Gasteiger charge is -2.23. The maximum Gasteiger partial charge on any atom is 0.354 e. The summed E-state index contributed by atoms with van der Waals surface area (Å²) in [5.74, 6) is -0.0640. The third-order valence-corrected chi connectivity index (χ3v) is 4.26. The van der Waals surface area contributed by atoms with Gasteiger partial charge in [-0.15, -0.1) is 0 Å². The number of amides is 3. The molecule has 2 aromatic rings. The number of aromatic amines is 1. The zero-order chi connectivity index (χ0) is 19.2. The second-order valence-corrected chi connectivity index (χ2v) is 6.10. The molecular formula is C18H22N4O5. The highest BCUT2D eigenvalue weighted by Crippen LogP contribution is 2.20. The second kappa shape index (κ2) is 8.43. The van der Waals surface area contributed by atoms with E-state index in [1.165, 1.54) is 23.4 Å². The van der Waals surface area contributed by atoms with Crippen molar-refractivity contribution in [2.75, 3.05) is 18.5 Å². The SMILES string of the molecule is CCOC(=O)c1cc(NC(=O)N2CCC[C@H]2C(=O)NCc2ccco2)c[nH]1. The van der Waals surface area contributed by atoms with E-state index in [4.69, 9.17) is 9.15 Å². The molecule has 0 unspecified atom stereocenters. The largest absolute Gasteiger partial charge is 0.467 e. The molecule has 3 rings (SSSR count). The number of carbonyl (C=O) groups excluding carboxylic acids is 3. The number of hydrogen-bond acceptors (Lipinski definition) is 5. The molecule has 1 aliphatic heterocycles. The van der Waals surface area contributed by atoms with Crippen LogP contribution in [0.3, 0.4) is 0 Å². The van der Waals surface area contributed by atoms with Crippen LogP contribution in [0.4, 0.5) is 10.5 Å². The maximum absolute atomic E-state index is 12.6. The maximum atomic E-state index is 12.6. The van der Waals surface area contributed by atoms with E-state index < -0.39 is 12.0 Å². The van der Waals surface area contributed by atoms with Crippen LogP contribution in [-0.2, 0) is 16.1 Å². The molecule has 0 radical (unpaired) electrons. The molecule has 1 aliphatic rings. The Morgan fingerprint density at radius 3 is 3.00 bits per heavy atom. The summed E-state index contributed by atoms with van der Waals surface area (Å²) < 4.78 is 10.1. The number of hydrogen-bond donors (Lipinski definition) is 3. The van der Waals surface area contributed by atoms with E-state index in [2.05, 4.69) is 15.6 Å². The molecule has 2 aromatic heterocycles. The first kappa shape index (κ1) is 18.6. The van der Waals surface area contributed by atoms with Crippen molar-refractivity contribution in [3.05, 3.63) is 42.1 Å². The Hall–Kier alpha value is -3.23. The highest BCUT2D eigenvalue weighted by molar-refractivity contribution is 5.96. The molecule has 1 atom stereocenters. The van der Waals surface area contributed by atoms with Gasteiger partial charge in [-0.3, -0.25) is 4.79 Å². The Balaban J connectivity index is 1.56. The van der Waals surface area contributed by atoms with Crippen LogP contribution in [0.2, 0.25) is 0 Å². The molecule has 3 amide bonds. The molecule has 3 heterocycles. The van der Waals surface area contributed by atoms with E-state index in [0.29, 0.717) is 24.4 Å². The van der Waals surface area contributed by atoms with Crippen LogP contribution in [-0.4, -0.2) is 47.0 Å². The van der Waals surface area contributed by atoms with Crippen molar-refractivity contribution in [1.29, 1.82) is 0 Å². The lowest BCUT2D eigenvalue weighted by molar-refractivity contribution is -0.124. The summed E-state index contributed by atoms with van der Waals surface area (Å²) >= 11 is 0. The monoisotopic (exact) mass is 374 g/mol. The minimum atomic E-state index is -0.538. The molecule has 0 bridgehead atoms. The quantitative estimate of drug-likeness (QED) is 0.670. The van der Waals surface area contributed by atoms with Gasteiger partial charge in [0.2, 0.25) is 5.91 Å². The summed E-state index contributed by atoms with van der Waals surface area (Å²) in [4.78, 5) is 40.9. The van der Waals surface area contributed by atoms with Crippen molar-refractivity contribution in [2.45, 2.75) is 32.4 Å². The number of nitrogens with zero attached hydrogens (tertiary/aromatic N) is 1. The first-order valence-corrected chi connectivity index (χ1v) is 8.81. The standard InChI is InChI=1S/C18H22N4O5/c1-2-26-17(24)14-9-12(10-19-14)21-18(25)22-7-3-6-15(22)16(23)20-11-13-5-4-8-27-13/h4-5,8-10,15,19H,2-3,6-7,11H2,1H3,(H,20,23)(H,21,25)/t15-/m0/s1. The Morgan fingerprint density at radius 1 is 1.41 bits per heavy atom. The smallest absolute Gasteiger partial charge is 0.354 e. The number of carbonyl (C=O) groups is 3. The van der Waals surface area contributed by atoms with Crippen LogP contribution in [0.1, 0.15) is 36.0 Å². The van der Waals surface area contributed by atoms with Gasteiger partial charge in [0.15, 0.2) is 0 Å².